The number of carbonyl (C=O) groups excluding carboxylic acids is 1. The average Bonchev–Trinajstić information content (AvgIpc) is 2.73. The third kappa shape index (κ3) is 1.90. The molecule has 2 saturated carbocycles. The number of amides is 1. The first kappa shape index (κ1) is 15.7. The molecule has 0 radical (unpaired) electrons. The number of piperidine rings is 1. The first-order valence-electron chi connectivity index (χ1n) is 9.73. The van der Waals surface area contributed by atoms with Crippen molar-refractivity contribution in [3.8, 4) is 0 Å². The third-order valence-electron chi connectivity index (χ3n) is 8.79. The first-order valence-corrected chi connectivity index (χ1v) is 9.73. The van der Waals surface area contributed by atoms with Crippen molar-refractivity contribution < 1.29 is 4.79 Å². The molecule has 2 unspecified atom stereocenters. The molecule has 3 fully saturated rings. The van der Waals surface area contributed by atoms with E-state index in [1.807, 2.05) is 0 Å². The molecule has 3 aliphatic carbocycles. The van der Waals surface area contributed by atoms with E-state index in [1.165, 1.54) is 25.7 Å². The predicted octanol–water partition coefficient (Wildman–Crippen LogP) is 4.65. The normalized spacial score (nSPS) is 52.6. The van der Waals surface area contributed by atoms with Crippen molar-refractivity contribution in [1.29, 1.82) is 0 Å². The van der Waals surface area contributed by atoms with Crippen LogP contribution in [0.15, 0.2) is 11.6 Å². The van der Waals surface area contributed by atoms with Gasteiger partial charge in [0.25, 0.3) is 0 Å². The molecule has 128 valence electrons. The summed E-state index contributed by atoms with van der Waals surface area (Å²) in [7, 11) is 2.06. The summed E-state index contributed by atoms with van der Waals surface area (Å²) in [5, 5.41) is 0. The highest BCUT2D eigenvalue weighted by Gasteiger charge is 2.60. The van der Waals surface area contributed by atoms with Crippen molar-refractivity contribution in [3.05, 3.63) is 11.6 Å². The van der Waals surface area contributed by atoms with Crippen LogP contribution in [0.25, 0.3) is 0 Å². The van der Waals surface area contributed by atoms with Gasteiger partial charge in [0.2, 0.25) is 5.91 Å². The molecule has 1 amide bonds. The van der Waals surface area contributed by atoms with Gasteiger partial charge in [-0.1, -0.05) is 32.4 Å². The Bertz CT molecular complexity index is 566. The summed E-state index contributed by atoms with van der Waals surface area (Å²) in [6.07, 6.45) is 9.72. The highest BCUT2D eigenvalue weighted by molar-refractivity contribution is 5.77. The Kier molecular flexibility index (Phi) is 3.32. The van der Waals surface area contributed by atoms with Crippen LogP contribution in [0.1, 0.15) is 66.2 Å². The minimum absolute atomic E-state index is 0.350. The van der Waals surface area contributed by atoms with E-state index in [1.54, 1.807) is 5.57 Å². The quantitative estimate of drug-likeness (QED) is 0.596. The lowest BCUT2D eigenvalue weighted by Gasteiger charge is -2.62. The fourth-order valence-corrected chi connectivity index (χ4v) is 7.52. The van der Waals surface area contributed by atoms with Crippen molar-refractivity contribution in [2.24, 2.45) is 34.5 Å². The van der Waals surface area contributed by atoms with Gasteiger partial charge in [0, 0.05) is 19.5 Å². The van der Waals surface area contributed by atoms with Crippen molar-refractivity contribution in [3.63, 3.8) is 0 Å². The second kappa shape index (κ2) is 4.86. The molecule has 4 rings (SSSR count). The molecule has 0 N–H and O–H groups in total. The molecule has 2 heteroatoms. The first-order chi connectivity index (χ1) is 10.8. The van der Waals surface area contributed by atoms with E-state index in [-0.39, 0.29) is 0 Å². The molecular formula is C21H33NO. The van der Waals surface area contributed by atoms with Crippen molar-refractivity contribution in [2.75, 3.05) is 7.05 Å². The largest absolute Gasteiger partial charge is 0.342 e. The Morgan fingerprint density at radius 1 is 1.17 bits per heavy atom. The third-order valence-corrected chi connectivity index (χ3v) is 8.79. The summed E-state index contributed by atoms with van der Waals surface area (Å²) in [5.74, 6) is 3.62. The van der Waals surface area contributed by atoms with E-state index in [2.05, 4.69) is 45.7 Å². The van der Waals surface area contributed by atoms with Crippen LogP contribution in [0, 0.1) is 34.5 Å². The molecule has 4 aliphatic rings. The van der Waals surface area contributed by atoms with Crippen LogP contribution in [0.2, 0.25) is 0 Å². The molecule has 0 aromatic heterocycles. The van der Waals surface area contributed by atoms with Crippen molar-refractivity contribution in [1.82, 2.24) is 4.90 Å². The van der Waals surface area contributed by atoms with Crippen LogP contribution in [0.4, 0.5) is 0 Å². The molecule has 7 atom stereocenters. The standard InChI is InChI=1S/C21H33NO/c1-13-12-14(2)20(3)10-8-16-15(19(13)20)6-7-17-21(16,4)11-9-18(23)22(17)5/h12-13,15-17,19H,6-11H2,1-5H3/t13?,15-,16-,17?,19+,20-,21-/m1/s1. The molecular weight excluding hydrogens is 282 g/mol. The second-order valence-electron chi connectivity index (χ2n) is 9.56. The van der Waals surface area contributed by atoms with Gasteiger partial charge in [-0.3, -0.25) is 4.79 Å². The van der Waals surface area contributed by atoms with Crippen LogP contribution < -0.4 is 0 Å². The zero-order chi connectivity index (χ0) is 16.6. The molecule has 1 heterocycles. The number of hydrogen-bond acceptors (Lipinski definition) is 1. The fraction of sp³-hybridized carbons (Fsp3) is 0.857. The van der Waals surface area contributed by atoms with Gasteiger partial charge in [-0.05, 0) is 73.5 Å². The lowest BCUT2D eigenvalue weighted by Crippen LogP contribution is -2.61. The Hall–Kier alpha value is -0.790. The van der Waals surface area contributed by atoms with Crippen LogP contribution in [-0.2, 0) is 4.79 Å². The van der Waals surface area contributed by atoms with Gasteiger partial charge < -0.3 is 4.90 Å². The second-order valence-corrected chi connectivity index (χ2v) is 9.56. The molecule has 0 aromatic carbocycles. The zero-order valence-corrected chi connectivity index (χ0v) is 15.6. The van der Waals surface area contributed by atoms with Crippen LogP contribution in [0.5, 0.6) is 0 Å². The predicted molar refractivity (Wildman–Crippen MR) is 93.9 cm³/mol. The van der Waals surface area contributed by atoms with Gasteiger partial charge in [-0.2, -0.15) is 0 Å². The molecule has 23 heavy (non-hydrogen) atoms. The van der Waals surface area contributed by atoms with Crippen LogP contribution in [0.3, 0.4) is 0 Å². The number of likely N-dealkylation sites (tertiary alicyclic amines) is 1. The van der Waals surface area contributed by atoms with E-state index >= 15 is 0 Å². The average molecular weight is 316 g/mol. The summed E-state index contributed by atoms with van der Waals surface area (Å²) in [5.41, 5.74) is 2.44. The number of nitrogens with zero attached hydrogens (tertiary/aromatic N) is 1. The van der Waals surface area contributed by atoms with E-state index in [9.17, 15) is 4.79 Å². The van der Waals surface area contributed by atoms with Gasteiger partial charge in [-0.15, -0.1) is 0 Å². The number of rotatable bonds is 0. The lowest BCUT2D eigenvalue weighted by molar-refractivity contribution is -0.157. The molecule has 1 aliphatic heterocycles. The molecule has 0 aromatic rings. The van der Waals surface area contributed by atoms with Crippen molar-refractivity contribution in [2.45, 2.75) is 72.3 Å². The van der Waals surface area contributed by atoms with Gasteiger partial charge >= 0.3 is 0 Å². The minimum Gasteiger partial charge on any atom is -0.342 e. The molecule has 1 saturated heterocycles. The van der Waals surface area contributed by atoms with E-state index in [0.29, 0.717) is 22.8 Å². The molecule has 0 bridgehead atoms. The summed E-state index contributed by atoms with van der Waals surface area (Å²) in [6, 6.07) is 0.486. The number of allylic oxidation sites excluding steroid dienone is 2. The summed E-state index contributed by atoms with van der Waals surface area (Å²) in [6.45, 7) is 9.87. The summed E-state index contributed by atoms with van der Waals surface area (Å²) < 4.78 is 0. The maximum atomic E-state index is 12.2. The van der Waals surface area contributed by atoms with Crippen molar-refractivity contribution >= 4 is 5.91 Å². The van der Waals surface area contributed by atoms with E-state index in [0.717, 1.165) is 36.5 Å². The highest BCUT2D eigenvalue weighted by Crippen LogP contribution is 2.65. The van der Waals surface area contributed by atoms with E-state index in [4.69, 9.17) is 0 Å². The van der Waals surface area contributed by atoms with Gasteiger partial charge in [0.1, 0.15) is 0 Å². The summed E-state index contributed by atoms with van der Waals surface area (Å²) in [4.78, 5) is 14.3. The summed E-state index contributed by atoms with van der Waals surface area (Å²) >= 11 is 0. The number of fused-ring (bicyclic) bond motifs is 5. The van der Waals surface area contributed by atoms with Crippen LogP contribution in [-0.4, -0.2) is 23.9 Å². The monoisotopic (exact) mass is 315 g/mol. The Balaban J connectivity index is 1.68. The Morgan fingerprint density at radius 3 is 2.65 bits per heavy atom. The number of carbonyl (C=O) groups is 1. The zero-order valence-electron chi connectivity index (χ0n) is 15.6. The molecule has 2 nitrogen and oxygen atoms in total. The number of hydrogen-bond donors (Lipinski definition) is 0. The smallest absolute Gasteiger partial charge is 0.222 e. The SMILES string of the molecule is CC1=CC(C)[C@H]2[C@@H]3CCC4N(C)C(=O)CC[C@]4(C)[C@@H]3CC[C@]12C. The van der Waals surface area contributed by atoms with Crippen LogP contribution >= 0.6 is 0 Å². The minimum atomic E-state index is 0.350. The lowest BCUT2D eigenvalue weighted by atomic mass is 9.46. The Morgan fingerprint density at radius 2 is 1.91 bits per heavy atom. The maximum Gasteiger partial charge on any atom is 0.222 e. The maximum absolute atomic E-state index is 12.2. The molecule has 0 spiro atoms. The topological polar surface area (TPSA) is 20.3 Å². The van der Waals surface area contributed by atoms with E-state index < -0.39 is 0 Å². The van der Waals surface area contributed by atoms with Gasteiger partial charge in [0.15, 0.2) is 0 Å². The fourth-order valence-electron chi connectivity index (χ4n) is 7.52. The Labute approximate surface area is 141 Å². The van der Waals surface area contributed by atoms with Gasteiger partial charge in [-0.25, -0.2) is 0 Å². The van der Waals surface area contributed by atoms with Gasteiger partial charge in [0.05, 0.1) is 0 Å². The highest BCUT2D eigenvalue weighted by atomic mass is 16.2.